The van der Waals surface area contributed by atoms with Crippen molar-refractivity contribution < 1.29 is 18.7 Å². The van der Waals surface area contributed by atoms with Crippen LogP contribution in [0.1, 0.15) is 31.9 Å². The Hall–Kier alpha value is -2.61. The van der Waals surface area contributed by atoms with Crippen LogP contribution < -0.4 is 5.32 Å². The third kappa shape index (κ3) is 6.97. The van der Waals surface area contributed by atoms with Gasteiger partial charge in [0.25, 0.3) is 0 Å². The molecule has 188 valence electrons. The molecule has 0 atom stereocenters. The van der Waals surface area contributed by atoms with E-state index in [1.807, 2.05) is 61.9 Å². The van der Waals surface area contributed by atoms with Gasteiger partial charge in [0.15, 0.2) is 0 Å². The summed E-state index contributed by atoms with van der Waals surface area (Å²) < 4.78 is 27.6. The van der Waals surface area contributed by atoms with Gasteiger partial charge in [0, 0.05) is 55.2 Å². The Labute approximate surface area is 210 Å². The summed E-state index contributed by atoms with van der Waals surface area (Å²) in [6.07, 6.45) is 1.73. The SMILES string of the molecule is CC(C)(C)OC(=O)N1CC(COCCNCc2cc(F)cc3c2ccn3Cc2ccc(Cl)cc2)C1. The molecular formula is C27H33ClFN3O3. The minimum atomic E-state index is -0.475. The summed E-state index contributed by atoms with van der Waals surface area (Å²) in [4.78, 5) is 13.7. The Bertz CT molecular complexity index is 1150. The minimum Gasteiger partial charge on any atom is -0.444 e. The number of ether oxygens (including phenoxy) is 2. The van der Waals surface area contributed by atoms with Crippen LogP contribution in [0.2, 0.25) is 5.02 Å². The normalized spacial score (nSPS) is 14.4. The van der Waals surface area contributed by atoms with Gasteiger partial charge in [0.1, 0.15) is 11.4 Å². The average molecular weight is 502 g/mol. The number of hydrogen-bond donors (Lipinski definition) is 1. The predicted molar refractivity (Wildman–Crippen MR) is 136 cm³/mol. The van der Waals surface area contributed by atoms with Crippen molar-refractivity contribution in [1.29, 1.82) is 0 Å². The van der Waals surface area contributed by atoms with Gasteiger partial charge in [-0.2, -0.15) is 0 Å². The molecular weight excluding hydrogens is 469 g/mol. The number of likely N-dealkylation sites (tertiary alicyclic amines) is 1. The zero-order valence-corrected chi connectivity index (χ0v) is 21.3. The van der Waals surface area contributed by atoms with Crippen molar-refractivity contribution in [2.75, 3.05) is 32.8 Å². The van der Waals surface area contributed by atoms with E-state index in [0.717, 1.165) is 22.0 Å². The molecule has 0 aliphatic carbocycles. The Kier molecular flexibility index (Phi) is 7.99. The molecule has 35 heavy (non-hydrogen) atoms. The van der Waals surface area contributed by atoms with E-state index in [-0.39, 0.29) is 11.9 Å². The standard InChI is InChI=1S/C27H33ClFN3O3/c1-27(2,3)35-26(33)32-16-20(17-32)18-34-11-9-30-14-21-12-23(29)13-25-24(21)8-10-31(25)15-19-4-6-22(28)7-5-19/h4-8,10,12-13,20,30H,9,11,14-18H2,1-3H3. The molecule has 0 spiro atoms. The zero-order chi connectivity index (χ0) is 25.0. The van der Waals surface area contributed by atoms with E-state index in [1.54, 1.807) is 17.0 Å². The first-order valence-electron chi connectivity index (χ1n) is 12.0. The molecule has 8 heteroatoms. The van der Waals surface area contributed by atoms with Crippen LogP contribution in [0.5, 0.6) is 0 Å². The van der Waals surface area contributed by atoms with E-state index in [2.05, 4.69) is 5.32 Å². The smallest absolute Gasteiger partial charge is 0.410 e. The maximum absolute atomic E-state index is 14.4. The lowest BCUT2D eigenvalue weighted by atomic mass is 10.0. The van der Waals surface area contributed by atoms with E-state index < -0.39 is 5.60 Å². The number of benzene rings is 2. The van der Waals surface area contributed by atoms with E-state index in [1.165, 1.54) is 0 Å². The number of hydrogen-bond acceptors (Lipinski definition) is 4. The number of fused-ring (bicyclic) bond motifs is 1. The van der Waals surface area contributed by atoms with Gasteiger partial charge in [0.05, 0.1) is 18.7 Å². The molecule has 1 aliphatic heterocycles. The highest BCUT2D eigenvalue weighted by molar-refractivity contribution is 6.30. The van der Waals surface area contributed by atoms with E-state index in [4.69, 9.17) is 21.1 Å². The molecule has 0 unspecified atom stereocenters. The predicted octanol–water partition coefficient (Wildman–Crippen LogP) is 5.46. The third-order valence-corrected chi connectivity index (χ3v) is 6.16. The van der Waals surface area contributed by atoms with Crippen LogP contribution in [0.4, 0.5) is 9.18 Å². The third-order valence-electron chi connectivity index (χ3n) is 5.91. The lowest BCUT2D eigenvalue weighted by Crippen LogP contribution is -2.53. The van der Waals surface area contributed by atoms with Gasteiger partial charge in [-0.25, -0.2) is 9.18 Å². The van der Waals surface area contributed by atoms with Gasteiger partial charge < -0.3 is 24.3 Å². The van der Waals surface area contributed by atoms with Gasteiger partial charge >= 0.3 is 6.09 Å². The number of rotatable bonds is 9. The second-order valence-electron chi connectivity index (χ2n) is 10.1. The van der Waals surface area contributed by atoms with Gasteiger partial charge in [0.2, 0.25) is 0 Å². The van der Waals surface area contributed by atoms with E-state index in [0.29, 0.717) is 56.9 Å². The second-order valence-corrected chi connectivity index (χ2v) is 10.5. The summed E-state index contributed by atoms with van der Waals surface area (Å²) in [6, 6.07) is 12.9. The van der Waals surface area contributed by atoms with Crippen molar-refractivity contribution >= 4 is 28.6 Å². The number of amides is 1. The Morgan fingerprint density at radius 2 is 1.91 bits per heavy atom. The fraction of sp³-hybridized carbons (Fsp3) is 0.444. The lowest BCUT2D eigenvalue weighted by molar-refractivity contribution is -0.0198. The zero-order valence-electron chi connectivity index (χ0n) is 20.5. The van der Waals surface area contributed by atoms with Crippen molar-refractivity contribution in [2.24, 2.45) is 5.92 Å². The van der Waals surface area contributed by atoms with Gasteiger partial charge in [-0.1, -0.05) is 23.7 Å². The second kappa shape index (κ2) is 11.0. The van der Waals surface area contributed by atoms with Gasteiger partial charge in [-0.3, -0.25) is 0 Å². The summed E-state index contributed by atoms with van der Waals surface area (Å²) >= 11 is 5.98. The van der Waals surface area contributed by atoms with Crippen LogP contribution in [0.25, 0.3) is 10.9 Å². The number of carbonyl (C=O) groups is 1. The Morgan fingerprint density at radius 3 is 2.63 bits per heavy atom. The van der Waals surface area contributed by atoms with Gasteiger partial charge in [-0.05, 0) is 62.2 Å². The fourth-order valence-electron chi connectivity index (χ4n) is 4.17. The topological polar surface area (TPSA) is 55.7 Å². The molecule has 6 nitrogen and oxygen atoms in total. The molecule has 1 aliphatic rings. The van der Waals surface area contributed by atoms with Crippen molar-refractivity contribution in [3.05, 3.63) is 70.6 Å². The number of nitrogens with zero attached hydrogens (tertiary/aromatic N) is 2. The summed E-state index contributed by atoms with van der Waals surface area (Å²) in [6.45, 7) is 9.95. The van der Waals surface area contributed by atoms with Crippen LogP contribution in [-0.2, 0) is 22.6 Å². The minimum absolute atomic E-state index is 0.249. The molecule has 4 rings (SSSR count). The molecule has 2 aromatic carbocycles. The average Bonchev–Trinajstić information content (AvgIpc) is 3.14. The number of halogens is 2. The summed E-state index contributed by atoms with van der Waals surface area (Å²) in [5.74, 6) is 0.0897. The highest BCUT2D eigenvalue weighted by Gasteiger charge is 2.33. The fourth-order valence-corrected chi connectivity index (χ4v) is 4.30. The maximum atomic E-state index is 14.4. The molecule has 1 aromatic heterocycles. The highest BCUT2D eigenvalue weighted by Crippen LogP contribution is 2.24. The highest BCUT2D eigenvalue weighted by atomic mass is 35.5. The lowest BCUT2D eigenvalue weighted by Gasteiger charge is -2.39. The van der Waals surface area contributed by atoms with Gasteiger partial charge in [-0.15, -0.1) is 0 Å². The molecule has 0 bridgehead atoms. The quantitative estimate of drug-likeness (QED) is 0.396. The maximum Gasteiger partial charge on any atom is 0.410 e. The number of nitrogens with one attached hydrogen (secondary N) is 1. The van der Waals surface area contributed by atoms with Crippen molar-refractivity contribution in [1.82, 2.24) is 14.8 Å². The molecule has 1 fully saturated rings. The molecule has 1 N–H and O–H groups in total. The van der Waals surface area contributed by atoms with Crippen LogP contribution in [0.15, 0.2) is 48.7 Å². The van der Waals surface area contributed by atoms with E-state index in [9.17, 15) is 9.18 Å². The number of aromatic nitrogens is 1. The summed E-state index contributed by atoms with van der Waals surface area (Å²) in [5, 5.41) is 5.08. The molecule has 0 radical (unpaired) electrons. The van der Waals surface area contributed by atoms with Crippen LogP contribution in [0, 0.1) is 11.7 Å². The number of carbonyl (C=O) groups excluding carboxylic acids is 1. The molecule has 0 saturated carbocycles. The Morgan fingerprint density at radius 1 is 1.17 bits per heavy atom. The first-order valence-corrected chi connectivity index (χ1v) is 12.3. The van der Waals surface area contributed by atoms with Crippen LogP contribution >= 0.6 is 11.6 Å². The van der Waals surface area contributed by atoms with Crippen LogP contribution in [-0.4, -0.2) is 54.0 Å². The summed E-state index contributed by atoms with van der Waals surface area (Å²) in [5.41, 5.74) is 2.42. The van der Waals surface area contributed by atoms with Crippen molar-refractivity contribution in [2.45, 2.75) is 39.5 Å². The Balaban J connectivity index is 1.20. The molecule has 1 saturated heterocycles. The van der Waals surface area contributed by atoms with E-state index >= 15 is 0 Å². The summed E-state index contributed by atoms with van der Waals surface area (Å²) in [7, 11) is 0. The van der Waals surface area contributed by atoms with Crippen molar-refractivity contribution in [3.63, 3.8) is 0 Å². The largest absolute Gasteiger partial charge is 0.444 e. The first kappa shape index (κ1) is 25.5. The van der Waals surface area contributed by atoms with Crippen molar-refractivity contribution in [3.8, 4) is 0 Å². The molecule has 1 amide bonds. The first-order chi connectivity index (χ1) is 16.7. The monoisotopic (exact) mass is 501 g/mol. The molecule has 3 aromatic rings. The molecule has 2 heterocycles. The van der Waals surface area contributed by atoms with Crippen LogP contribution in [0.3, 0.4) is 0 Å².